The van der Waals surface area contributed by atoms with Gasteiger partial charge in [-0.15, -0.1) is 0 Å². The van der Waals surface area contributed by atoms with Crippen LogP contribution in [0.3, 0.4) is 0 Å². The SMILES string of the molecule is C[C](CO)c1cccc(C=Cc2ccc3ccc(Cl)cc3n2)c1. The molecule has 23 heavy (non-hydrogen) atoms. The molecule has 2 nitrogen and oxygen atoms in total. The number of hydrogen-bond acceptors (Lipinski definition) is 2. The van der Waals surface area contributed by atoms with Crippen molar-refractivity contribution in [3.05, 3.63) is 82.4 Å². The fraction of sp³-hybridized carbons (Fsp3) is 0.100. The minimum Gasteiger partial charge on any atom is -0.395 e. The van der Waals surface area contributed by atoms with Gasteiger partial charge in [0.15, 0.2) is 0 Å². The van der Waals surface area contributed by atoms with Crippen LogP contribution in [-0.2, 0) is 0 Å². The second-order valence-electron chi connectivity index (χ2n) is 5.47. The molecule has 0 atom stereocenters. The molecular formula is C20H17ClNO. The first-order valence-electron chi connectivity index (χ1n) is 7.44. The van der Waals surface area contributed by atoms with E-state index in [0.29, 0.717) is 5.02 Å². The molecule has 0 saturated heterocycles. The van der Waals surface area contributed by atoms with Gasteiger partial charge in [-0.25, -0.2) is 4.98 Å². The predicted molar refractivity (Wildman–Crippen MR) is 97.2 cm³/mol. The third-order valence-electron chi connectivity index (χ3n) is 3.74. The molecule has 1 N–H and O–H groups in total. The summed E-state index contributed by atoms with van der Waals surface area (Å²) in [4.78, 5) is 4.61. The lowest BCUT2D eigenvalue weighted by Gasteiger charge is -2.07. The fourth-order valence-electron chi connectivity index (χ4n) is 2.38. The number of fused-ring (bicyclic) bond motifs is 1. The van der Waals surface area contributed by atoms with Crippen LogP contribution in [0.2, 0.25) is 5.02 Å². The zero-order valence-corrected chi connectivity index (χ0v) is 13.6. The Morgan fingerprint density at radius 1 is 1.09 bits per heavy atom. The van der Waals surface area contributed by atoms with E-state index in [9.17, 15) is 5.11 Å². The molecule has 115 valence electrons. The predicted octanol–water partition coefficient (Wildman–Crippen LogP) is 4.99. The number of halogens is 1. The Morgan fingerprint density at radius 3 is 2.74 bits per heavy atom. The number of pyridine rings is 1. The number of benzene rings is 2. The molecule has 1 heterocycles. The van der Waals surface area contributed by atoms with Crippen molar-refractivity contribution in [2.45, 2.75) is 6.92 Å². The Bertz CT molecular complexity index is 857. The maximum absolute atomic E-state index is 9.23. The highest BCUT2D eigenvalue weighted by atomic mass is 35.5. The maximum Gasteiger partial charge on any atom is 0.0724 e. The fourth-order valence-corrected chi connectivity index (χ4v) is 2.55. The summed E-state index contributed by atoms with van der Waals surface area (Å²) >= 11 is 6.02. The molecule has 0 spiro atoms. The Hall–Kier alpha value is -2.16. The summed E-state index contributed by atoms with van der Waals surface area (Å²) in [5.41, 5.74) is 3.89. The Morgan fingerprint density at radius 2 is 1.91 bits per heavy atom. The quantitative estimate of drug-likeness (QED) is 0.733. The van der Waals surface area contributed by atoms with Crippen LogP contribution in [0.4, 0.5) is 0 Å². The molecule has 0 aliphatic heterocycles. The lowest BCUT2D eigenvalue weighted by molar-refractivity contribution is 0.315. The van der Waals surface area contributed by atoms with Gasteiger partial charge < -0.3 is 5.11 Å². The molecule has 3 aromatic rings. The Kier molecular flexibility index (Phi) is 4.75. The van der Waals surface area contributed by atoms with Crippen LogP contribution in [0, 0.1) is 5.92 Å². The van der Waals surface area contributed by atoms with Crippen molar-refractivity contribution < 1.29 is 5.11 Å². The van der Waals surface area contributed by atoms with Crippen LogP contribution in [0.1, 0.15) is 23.7 Å². The summed E-state index contributed by atoms with van der Waals surface area (Å²) in [5.74, 6) is 0.957. The van der Waals surface area contributed by atoms with Gasteiger partial charge in [-0.1, -0.05) is 61.0 Å². The van der Waals surface area contributed by atoms with E-state index >= 15 is 0 Å². The molecule has 1 radical (unpaired) electrons. The largest absolute Gasteiger partial charge is 0.395 e. The van der Waals surface area contributed by atoms with Crippen molar-refractivity contribution in [1.29, 1.82) is 0 Å². The van der Waals surface area contributed by atoms with Crippen LogP contribution in [0.25, 0.3) is 23.1 Å². The lowest BCUT2D eigenvalue weighted by Crippen LogP contribution is -1.99. The highest BCUT2D eigenvalue weighted by molar-refractivity contribution is 6.31. The summed E-state index contributed by atoms with van der Waals surface area (Å²) in [5, 5.41) is 11.0. The monoisotopic (exact) mass is 322 g/mol. The van der Waals surface area contributed by atoms with Gasteiger partial charge in [-0.3, -0.25) is 0 Å². The van der Waals surface area contributed by atoms with E-state index in [2.05, 4.69) is 11.1 Å². The molecule has 0 amide bonds. The van der Waals surface area contributed by atoms with Crippen LogP contribution in [0.15, 0.2) is 54.6 Å². The number of aliphatic hydroxyl groups is 1. The first-order valence-corrected chi connectivity index (χ1v) is 7.81. The van der Waals surface area contributed by atoms with Crippen molar-refractivity contribution in [1.82, 2.24) is 4.98 Å². The average Bonchev–Trinajstić information content (AvgIpc) is 2.59. The van der Waals surface area contributed by atoms with Gasteiger partial charge in [0.25, 0.3) is 0 Å². The topological polar surface area (TPSA) is 33.1 Å². The van der Waals surface area contributed by atoms with E-state index in [1.165, 1.54) is 0 Å². The molecule has 0 unspecified atom stereocenters. The van der Waals surface area contributed by atoms with Gasteiger partial charge in [0.05, 0.1) is 17.8 Å². The minimum absolute atomic E-state index is 0.0696. The van der Waals surface area contributed by atoms with E-state index in [1.54, 1.807) is 0 Å². The van der Waals surface area contributed by atoms with Crippen LogP contribution >= 0.6 is 11.6 Å². The summed E-state index contributed by atoms with van der Waals surface area (Å²) in [6.45, 7) is 2.00. The number of aliphatic hydroxyl groups excluding tert-OH is 1. The summed E-state index contributed by atoms with van der Waals surface area (Å²) < 4.78 is 0. The third kappa shape index (κ3) is 3.79. The molecule has 0 aliphatic carbocycles. The van der Waals surface area contributed by atoms with Gasteiger partial charge in [-0.05, 0) is 35.4 Å². The van der Waals surface area contributed by atoms with Gasteiger partial charge in [0.2, 0.25) is 0 Å². The molecule has 2 aromatic carbocycles. The van der Waals surface area contributed by atoms with Crippen molar-refractivity contribution in [3.8, 4) is 0 Å². The molecule has 0 fully saturated rings. The number of nitrogens with zero attached hydrogens (tertiary/aromatic N) is 1. The molecule has 3 rings (SSSR count). The summed E-state index contributed by atoms with van der Waals surface area (Å²) in [6, 6.07) is 17.8. The first-order chi connectivity index (χ1) is 11.2. The molecule has 0 bridgehead atoms. The van der Waals surface area contributed by atoms with Crippen molar-refractivity contribution >= 4 is 34.7 Å². The molecule has 3 heteroatoms. The minimum atomic E-state index is 0.0696. The van der Waals surface area contributed by atoms with Gasteiger partial charge in [0.1, 0.15) is 0 Å². The van der Waals surface area contributed by atoms with E-state index in [0.717, 1.165) is 33.6 Å². The number of hydrogen-bond donors (Lipinski definition) is 1. The summed E-state index contributed by atoms with van der Waals surface area (Å²) in [6.07, 6.45) is 4.00. The standard InChI is InChI=1S/C20H17ClNO/c1-14(13-23)17-4-2-3-15(11-17)5-9-19-10-7-16-6-8-18(21)12-20(16)22-19/h2-12,23H,13H2,1H3. The van der Waals surface area contributed by atoms with E-state index < -0.39 is 0 Å². The van der Waals surface area contributed by atoms with Gasteiger partial charge in [0, 0.05) is 16.3 Å². The molecular weight excluding hydrogens is 306 g/mol. The van der Waals surface area contributed by atoms with E-state index in [4.69, 9.17) is 11.6 Å². The van der Waals surface area contributed by atoms with Crippen LogP contribution in [-0.4, -0.2) is 16.7 Å². The third-order valence-corrected chi connectivity index (χ3v) is 3.97. The lowest BCUT2D eigenvalue weighted by atomic mass is 10.00. The maximum atomic E-state index is 9.23. The molecule has 0 saturated carbocycles. The first kappa shape index (κ1) is 15.7. The van der Waals surface area contributed by atoms with Crippen molar-refractivity contribution in [3.63, 3.8) is 0 Å². The second kappa shape index (κ2) is 6.95. The number of rotatable bonds is 4. The van der Waals surface area contributed by atoms with Crippen LogP contribution in [0.5, 0.6) is 0 Å². The normalized spacial score (nSPS) is 11.7. The van der Waals surface area contributed by atoms with Crippen LogP contribution < -0.4 is 0 Å². The smallest absolute Gasteiger partial charge is 0.0724 e. The molecule has 0 aliphatic rings. The molecule has 1 aromatic heterocycles. The highest BCUT2D eigenvalue weighted by Crippen LogP contribution is 2.20. The highest BCUT2D eigenvalue weighted by Gasteiger charge is 2.04. The van der Waals surface area contributed by atoms with E-state index in [1.807, 2.05) is 67.6 Å². The average molecular weight is 323 g/mol. The second-order valence-corrected chi connectivity index (χ2v) is 5.91. The Labute approximate surface area is 141 Å². The van der Waals surface area contributed by atoms with Crippen molar-refractivity contribution in [2.75, 3.05) is 6.61 Å². The van der Waals surface area contributed by atoms with Crippen molar-refractivity contribution in [2.24, 2.45) is 0 Å². The zero-order chi connectivity index (χ0) is 16.2. The summed E-state index contributed by atoms with van der Waals surface area (Å²) in [7, 11) is 0. The van der Waals surface area contributed by atoms with Gasteiger partial charge >= 0.3 is 0 Å². The Balaban J connectivity index is 1.87. The van der Waals surface area contributed by atoms with E-state index in [-0.39, 0.29) is 6.61 Å². The van der Waals surface area contributed by atoms with Gasteiger partial charge in [-0.2, -0.15) is 0 Å². The number of aromatic nitrogens is 1. The zero-order valence-electron chi connectivity index (χ0n) is 12.8.